The fraction of sp³-hybridized carbons (Fsp3) is 0.286. The second-order valence-electron chi connectivity index (χ2n) is 4.39. The number of benzene rings is 1. The van der Waals surface area contributed by atoms with Gasteiger partial charge in [0.15, 0.2) is 0 Å². The van der Waals surface area contributed by atoms with Crippen LogP contribution in [0.15, 0.2) is 36.4 Å². The zero-order chi connectivity index (χ0) is 12.4. The molecule has 4 heteroatoms. The first-order valence-corrected chi connectivity index (χ1v) is 6.52. The zero-order valence-electron chi connectivity index (χ0n) is 9.93. The summed E-state index contributed by atoms with van der Waals surface area (Å²) >= 11 is 5.24. The van der Waals surface area contributed by atoms with Crippen LogP contribution in [0.1, 0.15) is 24.8 Å². The predicted octanol–water partition coefficient (Wildman–Crippen LogP) is 3.66. The molecular formula is C14H14N2OS. The number of hydrogen-bond donors (Lipinski definition) is 1. The summed E-state index contributed by atoms with van der Waals surface area (Å²) in [4.78, 5) is 7.72. The molecule has 1 aromatic carbocycles. The van der Waals surface area contributed by atoms with Crippen molar-refractivity contribution in [3.8, 4) is 11.3 Å². The Morgan fingerprint density at radius 3 is 2.83 bits per heavy atom. The van der Waals surface area contributed by atoms with E-state index >= 15 is 0 Å². The molecule has 1 aliphatic heterocycles. The summed E-state index contributed by atoms with van der Waals surface area (Å²) in [7, 11) is 0. The van der Waals surface area contributed by atoms with Gasteiger partial charge in [0, 0.05) is 12.3 Å². The highest BCUT2D eigenvalue weighted by Crippen LogP contribution is 2.27. The van der Waals surface area contributed by atoms with E-state index in [1.807, 2.05) is 24.3 Å². The Balaban J connectivity index is 2.03. The van der Waals surface area contributed by atoms with Crippen LogP contribution in [0.2, 0.25) is 0 Å². The van der Waals surface area contributed by atoms with Crippen LogP contribution < -0.4 is 0 Å². The average Bonchev–Trinajstić information content (AvgIpc) is 2.93. The highest BCUT2D eigenvalue weighted by Gasteiger charge is 2.20. The Kier molecular flexibility index (Phi) is 3.21. The summed E-state index contributed by atoms with van der Waals surface area (Å²) in [5.41, 5.74) is 2.12. The minimum Gasteiger partial charge on any atom is -0.370 e. The average molecular weight is 258 g/mol. The topological polar surface area (TPSA) is 37.9 Å². The van der Waals surface area contributed by atoms with Crippen molar-refractivity contribution < 1.29 is 4.74 Å². The number of hydrogen-bond acceptors (Lipinski definition) is 3. The number of ether oxygens (including phenoxy) is 1. The molecule has 1 N–H and O–H groups in total. The molecule has 0 radical (unpaired) electrons. The summed E-state index contributed by atoms with van der Waals surface area (Å²) in [6.45, 7) is 0.808. The first-order chi connectivity index (χ1) is 8.83. The maximum absolute atomic E-state index is 5.64. The van der Waals surface area contributed by atoms with Crippen LogP contribution in [0, 0.1) is 4.64 Å². The summed E-state index contributed by atoms with van der Waals surface area (Å²) in [6, 6.07) is 12.0. The van der Waals surface area contributed by atoms with Crippen LogP contribution in [0.4, 0.5) is 0 Å². The Morgan fingerprint density at radius 2 is 2.11 bits per heavy atom. The lowest BCUT2D eigenvalue weighted by Crippen LogP contribution is -2.04. The molecule has 1 unspecified atom stereocenters. The monoisotopic (exact) mass is 258 g/mol. The lowest BCUT2D eigenvalue weighted by Gasteiger charge is -2.11. The van der Waals surface area contributed by atoms with Gasteiger partial charge in [-0.15, -0.1) is 0 Å². The largest absolute Gasteiger partial charge is 0.370 e. The molecule has 0 saturated carbocycles. The molecule has 2 aromatic rings. The number of rotatable bonds is 2. The van der Waals surface area contributed by atoms with Gasteiger partial charge in [-0.25, -0.2) is 4.98 Å². The summed E-state index contributed by atoms with van der Waals surface area (Å²) in [5, 5.41) is 0. The van der Waals surface area contributed by atoms with E-state index in [0.717, 1.165) is 36.5 Å². The van der Waals surface area contributed by atoms with Crippen molar-refractivity contribution in [2.24, 2.45) is 0 Å². The molecule has 1 aliphatic rings. The van der Waals surface area contributed by atoms with Gasteiger partial charge in [-0.1, -0.05) is 42.5 Å². The van der Waals surface area contributed by atoms with Crippen LogP contribution >= 0.6 is 12.2 Å². The Morgan fingerprint density at radius 1 is 1.28 bits per heavy atom. The van der Waals surface area contributed by atoms with Gasteiger partial charge in [-0.2, -0.15) is 0 Å². The van der Waals surface area contributed by atoms with Gasteiger partial charge >= 0.3 is 0 Å². The van der Waals surface area contributed by atoms with Crippen LogP contribution in [0.25, 0.3) is 11.3 Å². The highest BCUT2D eigenvalue weighted by molar-refractivity contribution is 7.71. The first kappa shape index (κ1) is 11.6. The molecule has 18 heavy (non-hydrogen) atoms. The van der Waals surface area contributed by atoms with E-state index in [4.69, 9.17) is 17.0 Å². The van der Waals surface area contributed by atoms with Gasteiger partial charge in [0.05, 0.1) is 0 Å². The van der Waals surface area contributed by atoms with Crippen LogP contribution in [0.3, 0.4) is 0 Å². The fourth-order valence-electron chi connectivity index (χ4n) is 2.20. The molecule has 0 spiro atoms. The maximum Gasteiger partial charge on any atom is 0.137 e. The Bertz CT molecular complexity index is 588. The maximum atomic E-state index is 5.64. The summed E-state index contributed by atoms with van der Waals surface area (Å²) in [5.74, 6) is 0.846. The third kappa shape index (κ3) is 2.35. The van der Waals surface area contributed by atoms with Crippen molar-refractivity contribution in [1.82, 2.24) is 9.97 Å². The van der Waals surface area contributed by atoms with Gasteiger partial charge in [0.2, 0.25) is 0 Å². The van der Waals surface area contributed by atoms with Crippen LogP contribution in [-0.4, -0.2) is 16.6 Å². The quantitative estimate of drug-likeness (QED) is 0.835. The molecule has 2 heterocycles. The third-order valence-corrected chi connectivity index (χ3v) is 3.29. The Hall–Kier alpha value is -1.52. The minimum absolute atomic E-state index is 0.0652. The molecule has 92 valence electrons. The number of aromatic amines is 1. The van der Waals surface area contributed by atoms with Gasteiger partial charge in [0.1, 0.15) is 16.6 Å². The van der Waals surface area contributed by atoms with Crippen molar-refractivity contribution in [3.63, 3.8) is 0 Å². The molecule has 0 bridgehead atoms. The van der Waals surface area contributed by atoms with E-state index in [0.29, 0.717) is 4.64 Å². The predicted molar refractivity (Wildman–Crippen MR) is 72.8 cm³/mol. The van der Waals surface area contributed by atoms with Gasteiger partial charge in [-0.05, 0) is 24.5 Å². The summed E-state index contributed by atoms with van der Waals surface area (Å²) < 4.78 is 6.25. The number of nitrogens with one attached hydrogen (secondary N) is 1. The molecular weight excluding hydrogens is 244 g/mol. The minimum atomic E-state index is 0.0652. The van der Waals surface area contributed by atoms with Crippen molar-refractivity contribution in [2.75, 3.05) is 6.61 Å². The molecule has 1 saturated heterocycles. The normalized spacial score (nSPS) is 19.0. The van der Waals surface area contributed by atoms with E-state index in [-0.39, 0.29) is 6.10 Å². The van der Waals surface area contributed by atoms with E-state index in [1.54, 1.807) is 0 Å². The van der Waals surface area contributed by atoms with E-state index in [2.05, 4.69) is 22.1 Å². The SMILES string of the molecule is S=c1cc(-c2ccccc2)[nH]c(C2CCCO2)n1. The van der Waals surface area contributed by atoms with Gasteiger partial charge in [0.25, 0.3) is 0 Å². The highest BCUT2D eigenvalue weighted by atomic mass is 32.1. The summed E-state index contributed by atoms with van der Waals surface area (Å²) in [6.07, 6.45) is 2.16. The molecule has 3 nitrogen and oxygen atoms in total. The van der Waals surface area contributed by atoms with Gasteiger partial charge < -0.3 is 9.72 Å². The molecule has 1 aromatic heterocycles. The third-order valence-electron chi connectivity index (χ3n) is 3.08. The van der Waals surface area contributed by atoms with E-state index in [1.165, 1.54) is 0 Å². The molecule has 0 amide bonds. The van der Waals surface area contributed by atoms with E-state index in [9.17, 15) is 0 Å². The molecule has 1 atom stereocenters. The lowest BCUT2D eigenvalue weighted by atomic mass is 10.1. The van der Waals surface area contributed by atoms with Crippen molar-refractivity contribution in [3.05, 3.63) is 46.9 Å². The number of nitrogens with zero attached hydrogens (tertiary/aromatic N) is 1. The Labute approximate surface area is 111 Å². The van der Waals surface area contributed by atoms with E-state index < -0.39 is 0 Å². The smallest absolute Gasteiger partial charge is 0.137 e. The first-order valence-electron chi connectivity index (χ1n) is 6.11. The van der Waals surface area contributed by atoms with Crippen molar-refractivity contribution >= 4 is 12.2 Å². The molecule has 0 aliphatic carbocycles. The van der Waals surface area contributed by atoms with Gasteiger partial charge in [-0.3, -0.25) is 0 Å². The molecule has 1 fully saturated rings. The van der Waals surface area contributed by atoms with Crippen molar-refractivity contribution in [2.45, 2.75) is 18.9 Å². The number of aromatic nitrogens is 2. The van der Waals surface area contributed by atoms with Crippen LogP contribution in [-0.2, 0) is 4.74 Å². The standard InChI is InChI=1S/C14H14N2OS/c18-13-9-11(10-5-2-1-3-6-10)15-14(16-13)12-7-4-8-17-12/h1-3,5-6,9,12H,4,7-8H2,(H,15,16,18). The fourth-order valence-corrected chi connectivity index (χ4v) is 2.41. The molecule has 3 rings (SSSR count). The zero-order valence-corrected chi connectivity index (χ0v) is 10.7. The van der Waals surface area contributed by atoms with Crippen LogP contribution in [0.5, 0.6) is 0 Å². The lowest BCUT2D eigenvalue weighted by molar-refractivity contribution is 0.105. The number of H-pyrrole nitrogens is 1. The second kappa shape index (κ2) is 5.00. The second-order valence-corrected chi connectivity index (χ2v) is 4.80. The van der Waals surface area contributed by atoms with Crippen molar-refractivity contribution in [1.29, 1.82) is 0 Å².